The minimum atomic E-state index is -0.0921. The van der Waals surface area contributed by atoms with Gasteiger partial charge < -0.3 is 10.2 Å². The van der Waals surface area contributed by atoms with Crippen molar-refractivity contribution in [2.75, 3.05) is 0 Å². The van der Waals surface area contributed by atoms with Crippen LogP contribution < -0.4 is 0 Å². The van der Waals surface area contributed by atoms with Gasteiger partial charge in [-0.1, -0.05) is 13.0 Å². The van der Waals surface area contributed by atoms with Crippen LogP contribution in [-0.4, -0.2) is 16.3 Å². The average Bonchev–Trinajstić information content (AvgIpc) is 2.91. The van der Waals surface area contributed by atoms with E-state index in [1.165, 1.54) is 36.8 Å². The van der Waals surface area contributed by atoms with Gasteiger partial charge in [0, 0.05) is 0 Å². The summed E-state index contributed by atoms with van der Waals surface area (Å²) in [5.41, 5.74) is 3.33. The maximum absolute atomic E-state index is 10.3. The zero-order valence-corrected chi connectivity index (χ0v) is 12.2. The monoisotopic (exact) mass is 272 g/mol. The molecule has 1 aromatic carbocycles. The van der Waals surface area contributed by atoms with Crippen molar-refractivity contribution >= 4 is 0 Å². The van der Waals surface area contributed by atoms with E-state index in [-0.39, 0.29) is 11.5 Å². The highest BCUT2D eigenvalue weighted by Gasteiger charge is 2.54. The van der Waals surface area contributed by atoms with Crippen LogP contribution in [0.2, 0.25) is 0 Å². The quantitative estimate of drug-likeness (QED) is 0.758. The van der Waals surface area contributed by atoms with Crippen molar-refractivity contribution in [3.63, 3.8) is 0 Å². The summed E-state index contributed by atoms with van der Waals surface area (Å²) in [7, 11) is 0. The van der Waals surface area contributed by atoms with E-state index in [0.29, 0.717) is 17.1 Å². The molecule has 2 nitrogen and oxygen atoms in total. The van der Waals surface area contributed by atoms with E-state index >= 15 is 0 Å². The van der Waals surface area contributed by atoms with Crippen LogP contribution in [0.5, 0.6) is 5.75 Å². The summed E-state index contributed by atoms with van der Waals surface area (Å²) in [6.45, 7) is 2.30. The molecular formula is C18H24O2. The third-order valence-corrected chi connectivity index (χ3v) is 6.79. The maximum atomic E-state index is 10.3. The summed E-state index contributed by atoms with van der Waals surface area (Å²) in [5.74, 6) is 1.07. The number of aromatic hydroxyl groups is 1. The summed E-state index contributed by atoms with van der Waals surface area (Å²) in [6, 6.07) is 5.97. The molecule has 2 saturated carbocycles. The number of aliphatic hydroxyl groups is 1. The molecule has 0 unspecified atom stereocenters. The highest BCUT2D eigenvalue weighted by atomic mass is 16.3. The van der Waals surface area contributed by atoms with Gasteiger partial charge in [-0.2, -0.15) is 0 Å². The first-order valence-electron chi connectivity index (χ1n) is 8.04. The summed E-state index contributed by atoms with van der Waals surface area (Å²) in [6.07, 6.45) is 8.01. The highest BCUT2D eigenvalue weighted by molar-refractivity contribution is 5.44. The lowest BCUT2D eigenvalue weighted by Gasteiger charge is -2.47. The minimum absolute atomic E-state index is 0.0921. The number of aliphatic hydroxyl groups excluding tert-OH is 1. The Bertz CT molecular complexity index is 552. The van der Waals surface area contributed by atoms with E-state index in [2.05, 4.69) is 13.0 Å². The van der Waals surface area contributed by atoms with Crippen molar-refractivity contribution in [1.82, 2.24) is 0 Å². The molecule has 4 atom stereocenters. The van der Waals surface area contributed by atoms with E-state index < -0.39 is 0 Å². The Kier molecular flexibility index (Phi) is 2.54. The molecule has 108 valence electrons. The third kappa shape index (κ3) is 1.54. The van der Waals surface area contributed by atoms with Gasteiger partial charge in [0.15, 0.2) is 0 Å². The first kappa shape index (κ1) is 12.7. The predicted molar refractivity (Wildman–Crippen MR) is 78.8 cm³/mol. The van der Waals surface area contributed by atoms with Crippen molar-refractivity contribution in [2.24, 2.45) is 11.3 Å². The number of aryl methyl sites for hydroxylation is 1. The predicted octanol–water partition coefficient (Wildman–Crippen LogP) is 3.54. The summed E-state index contributed by atoms with van der Waals surface area (Å²) < 4.78 is 0. The Morgan fingerprint density at radius 3 is 2.85 bits per heavy atom. The smallest absolute Gasteiger partial charge is 0.115 e. The summed E-state index contributed by atoms with van der Waals surface area (Å²) in [5, 5.41) is 20.0. The van der Waals surface area contributed by atoms with Gasteiger partial charge in [-0.3, -0.25) is 0 Å². The van der Waals surface area contributed by atoms with Crippen molar-refractivity contribution in [3.05, 3.63) is 29.3 Å². The lowest BCUT2D eigenvalue weighted by Crippen LogP contribution is -2.43. The van der Waals surface area contributed by atoms with Crippen LogP contribution in [0.3, 0.4) is 0 Å². The van der Waals surface area contributed by atoms with E-state index in [4.69, 9.17) is 0 Å². The molecule has 0 amide bonds. The van der Waals surface area contributed by atoms with Crippen molar-refractivity contribution in [3.8, 4) is 5.75 Å². The lowest BCUT2D eigenvalue weighted by atomic mass is 9.57. The zero-order valence-electron chi connectivity index (χ0n) is 12.2. The maximum Gasteiger partial charge on any atom is 0.115 e. The minimum Gasteiger partial charge on any atom is -0.508 e. The zero-order chi connectivity index (χ0) is 14.0. The Hall–Kier alpha value is -1.02. The molecule has 0 saturated heterocycles. The van der Waals surface area contributed by atoms with Gasteiger partial charge in [-0.25, -0.2) is 0 Å². The second-order valence-corrected chi connectivity index (χ2v) is 7.62. The number of benzene rings is 1. The molecule has 20 heavy (non-hydrogen) atoms. The Morgan fingerprint density at radius 2 is 2.00 bits per heavy atom. The molecule has 0 bridgehead atoms. The molecule has 0 aromatic heterocycles. The second-order valence-electron chi connectivity index (χ2n) is 7.62. The lowest BCUT2D eigenvalue weighted by molar-refractivity contribution is -0.00808. The highest BCUT2D eigenvalue weighted by Crippen LogP contribution is 2.60. The topological polar surface area (TPSA) is 40.5 Å². The fourth-order valence-electron chi connectivity index (χ4n) is 5.36. The van der Waals surface area contributed by atoms with Crippen molar-refractivity contribution < 1.29 is 10.2 Å². The molecule has 0 radical (unpaired) electrons. The first-order chi connectivity index (χ1) is 9.53. The molecule has 3 aliphatic carbocycles. The number of fused-ring (bicyclic) bond motifs is 3. The normalized spacial score (nSPS) is 42.7. The van der Waals surface area contributed by atoms with E-state index in [1.807, 2.05) is 12.1 Å². The number of hydrogen-bond donors (Lipinski definition) is 2. The Balaban J connectivity index is 1.69. The van der Waals surface area contributed by atoms with Crippen LogP contribution in [0.4, 0.5) is 0 Å². The average molecular weight is 272 g/mol. The Labute approximate surface area is 120 Å². The molecule has 1 spiro atoms. The number of phenols is 1. The van der Waals surface area contributed by atoms with Crippen LogP contribution in [-0.2, 0) is 11.8 Å². The molecule has 2 heteroatoms. The molecule has 0 aliphatic heterocycles. The van der Waals surface area contributed by atoms with Crippen LogP contribution in [0.15, 0.2) is 18.2 Å². The molecule has 4 rings (SSSR count). The number of hydrogen-bond acceptors (Lipinski definition) is 2. The summed E-state index contributed by atoms with van der Waals surface area (Å²) in [4.78, 5) is 0. The van der Waals surface area contributed by atoms with Crippen LogP contribution in [0.1, 0.15) is 56.6 Å². The Morgan fingerprint density at radius 1 is 1.15 bits per heavy atom. The van der Waals surface area contributed by atoms with Crippen LogP contribution in [0.25, 0.3) is 0 Å². The van der Waals surface area contributed by atoms with Crippen LogP contribution >= 0.6 is 0 Å². The molecule has 3 aliphatic rings. The van der Waals surface area contributed by atoms with Gasteiger partial charge in [0.25, 0.3) is 0 Å². The fraction of sp³-hybridized carbons (Fsp3) is 0.667. The molecule has 2 N–H and O–H groups in total. The standard InChI is InChI=1S/C18H24O2/c1-17-8-9-18(11-13(17)2-5-16(17)20)7-6-12-10-14(19)3-4-15(12)18/h3-4,10,13,16,19-20H,2,5-9,11H2,1H3/t13-,16-,17-,18-/m0/s1. The first-order valence-corrected chi connectivity index (χ1v) is 8.04. The number of phenolic OH excluding ortho intramolecular Hbond substituents is 1. The van der Waals surface area contributed by atoms with E-state index in [9.17, 15) is 10.2 Å². The van der Waals surface area contributed by atoms with Gasteiger partial charge in [0.05, 0.1) is 6.10 Å². The van der Waals surface area contributed by atoms with Gasteiger partial charge >= 0.3 is 0 Å². The van der Waals surface area contributed by atoms with Crippen molar-refractivity contribution in [2.45, 2.75) is 63.4 Å². The fourth-order valence-corrected chi connectivity index (χ4v) is 5.36. The SMILES string of the molecule is C[C@]12CC[C@@]3(CCc4cc(O)ccc43)C[C@@H]1CC[C@@H]2O. The van der Waals surface area contributed by atoms with Gasteiger partial charge in [-0.05, 0) is 85.0 Å². The van der Waals surface area contributed by atoms with Crippen molar-refractivity contribution in [1.29, 1.82) is 0 Å². The molecule has 1 aromatic rings. The van der Waals surface area contributed by atoms with E-state index in [1.54, 1.807) is 0 Å². The second kappa shape index (κ2) is 4.00. The van der Waals surface area contributed by atoms with Gasteiger partial charge in [-0.15, -0.1) is 0 Å². The van der Waals surface area contributed by atoms with E-state index in [0.717, 1.165) is 19.3 Å². The molecular weight excluding hydrogens is 248 g/mol. The number of rotatable bonds is 0. The van der Waals surface area contributed by atoms with Crippen LogP contribution in [0, 0.1) is 11.3 Å². The molecule has 0 heterocycles. The third-order valence-electron chi connectivity index (χ3n) is 6.79. The summed E-state index contributed by atoms with van der Waals surface area (Å²) >= 11 is 0. The van der Waals surface area contributed by atoms with Gasteiger partial charge in [0.1, 0.15) is 5.75 Å². The molecule has 2 fully saturated rings. The largest absolute Gasteiger partial charge is 0.508 e. The van der Waals surface area contributed by atoms with Gasteiger partial charge in [0.2, 0.25) is 0 Å².